The number of carboxylic acids is 1. The number of carbonyl (C=O) groups excluding carboxylic acids is 1. The zero-order valence-corrected chi connectivity index (χ0v) is 7.87. The van der Waals surface area contributed by atoms with Crippen LogP contribution in [0.3, 0.4) is 0 Å². The van der Waals surface area contributed by atoms with Gasteiger partial charge >= 0.3 is 12.1 Å². The quantitative estimate of drug-likeness (QED) is 0.676. The van der Waals surface area contributed by atoms with Crippen molar-refractivity contribution in [2.24, 2.45) is 0 Å². The van der Waals surface area contributed by atoms with E-state index in [0.717, 1.165) is 0 Å². The first-order chi connectivity index (χ1) is 6.10. The Hall–Kier alpha value is -1.26. The van der Waals surface area contributed by atoms with Crippen molar-refractivity contribution in [3.63, 3.8) is 0 Å². The van der Waals surface area contributed by atoms with Crippen LogP contribution < -0.4 is 5.32 Å². The molecule has 0 bridgehead atoms. The predicted octanol–water partition coefficient (Wildman–Crippen LogP) is 0.986. The standard InChI is InChI=1S/C8H15NO4/c1-3-6(5-7(10)11)9-8(12)13-4-2/h6H,3-5H2,1-2H3,(H,9,12)(H,10,11). The van der Waals surface area contributed by atoms with Crippen LogP contribution in [-0.2, 0) is 9.53 Å². The highest BCUT2D eigenvalue weighted by Crippen LogP contribution is 1.97. The number of carbonyl (C=O) groups is 2. The number of aliphatic carboxylic acids is 1. The van der Waals surface area contributed by atoms with Crippen LogP contribution in [0.1, 0.15) is 26.7 Å². The van der Waals surface area contributed by atoms with Gasteiger partial charge in [0, 0.05) is 6.04 Å². The zero-order chi connectivity index (χ0) is 10.3. The summed E-state index contributed by atoms with van der Waals surface area (Å²) in [6, 6.07) is -0.350. The van der Waals surface area contributed by atoms with Crippen LogP contribution in [0.15, 0.2) is 0 Å². The fraction of sp³-hybridized carbons (Fsp3) is 0.750. The maximum atomic E-state index is 10.9. The first-order valence-corrected chi connectivity index (χ1v) is 4.25. The molecule has 0 saturated carbocycles. The smallest absolute Gasteiger partial charge is 0.407 e. The molecule has 0 rings (SSSR count). The van der Waals surface area contributed by atoms with Crippen LogP contribution in [0.2, 0.25) is 0 Å². The van der Waals surface area contributed by atoms with E-state index >= 15 is 0 Å². The van der Waals surface area contributed by atoms with E-state index in [1.54, 1.807) is 13.8 Å². The molecule has 1 atom stereocenters. The van der Waals surface area contributed by atoms with Crippen LogP contribution in [-0.4, -0.2) is 29.8 Å². The molecular formula is C8H15NO4. The molecule has 13 heavy (non-hydrogen) atoms. The third-order valence-corrected chi connectivity index (χ3v) is 1.51. The highest BCUT2D eigenvalue weighted by molar-refractivity contribution is 5.71. The van der Waals surface area contributed by atoms with Gasteiger partial charge in [-0.25, -0.2) is 4.79 Å². The molecule has 0 aromatic rings. The van der Waals surface area contributed by atoms with Crippen LogP contribution in [0.4, 0.5) is 4.79 Å². The summed E-state index contributed by atoms with van der Waals surface area (Å²) >= 11 is 0. The minimum absolute atomic E-state index is 0.0741. The Balaban J connectivity index is 3.83. The van der Waals surface area contributed by atoms with Gasteiger partial charge in [0.25, 0.3) is 0 Å². The van der Waals surface area contributed by atoms with Gasteiger partial charge < -0.3 is 15.2 Å². The molecule has 0 spiro atoms. The first-order valence-electron chi connectivity index (χ1n) is 4.25. The maximum Gasteiger partial charge on any atom is 0.407 e. The van der Waals surface area contributed by atoms with E-state index in [4.69, 9.17) is 5.11 Å². The molecule has 0 aliphatic rings. The summed E-state index contributed by atoms with van der Waals surface area (Å²) in [5.74, 6) is -0.927. The van der Waals surface area contributed by atoms with E-state index in [1.807, 2.05) is 0 Å². The molecule has 76 valence electrons. The highest BCUT2D eigenvalue weighted by Gasteiger charge is 2.13. The van der Waals surface area contributed by atoms with Crippen molar-refractivity contribution >= 4 is 12.1 Å². The number of carboxylic acid groups (broad SMARTS) is 1. The summed E-state index contributed by atoms with van der Waals surface area (Å²) in [6.45, 7) is 3.78. The fourth-order valence-corrected chi connectivity index (χ4v) is 0.848. The van der Waals surface area contributed by atoms with Gasteiger partial charge in [-0.1, -0.05) is 6.92 Å². The molecule has 5 nitrogen and oxygen atoms in total. The molecule has 0 fully saturated rings. The van der Waals surface area contributed by atoms with Gasteiger partial charge in [0.1, 0.15) is 0 Å². The minimum atomic E-state index is -0.927. The Morgan fingerprint density at radius 1 is 1.46 bits per heavy atom. The zero-order valence-electron chi connectivity index (χ0n) is 7.87. The Morgan fingerprint density at radius 2 is 2.08 bits per heavy atom. The third-order valence-electron chi connectivity index (χ3n) is 1.51. The second-order valence-electron chi connectivity index (χ2n) is 2.57. The Labute approximate surface area is 77.1 Å². The number of amides is 1. The van der Waals surface area contributed by atoms with Crippen LogP contribution >= 0.6 is 0 Å². The van der Waals surface area contributed by atoms with Gasteiger partial charge in [0.05, 0.1) is 13.0 Å². The first kappa shape index (κ1) is 11.7. The van der Waals surface area contributed by atoms with Crippen LogP contribution in [0, 0.1) is 0 Å². The number of hydrogen-bond acceptors (Lipinski definition) is 3. The molecule has 5 heteroatoms. The third kappa shape index (κ3) is 5.95. The van der Waals surface area contributed by atoms with Crippen molar-refractivity contribution in [2.75, 3.05) is 6.61 Å². The Kier molecular flexibility index (Phi) is 5.67. The summed E-state index contributed by atoms with van der Waals surface area (Å²) in [6.07, 6.45) is -0.0592. The number of rotatable bonds is 5. The summed E-state index contributed by atoms with van der Waals surface area (Å²) in [5.41, 5.74) is 0. The van der Waals surface area contributed by atoms with E-state index < -0.39 is 12.1 Å². The molecule has 0 aromatic carbocycles. The van der Waals surface area contributed by atoms with Crippen molar-refractivity contribution in [1.82, 2.24) is 5.32 Å². The van der Waals surface area contributed by atoms with Gasteiger partial charge in [0.15, 0.2) is 0 Å². The maximum absolute atomic E-state index is 10.9. The van der Waals surface area contributed by atoms with Crippen molar-refractivity contribution < 1.29 is 19.4 Å². The molecule has 0 aliphatic carbocycles. The number of hydrogen-bond donors (Lipinski definition) is 2. The molecule has 2 N–H and O–H groups in total. The average Bonchev–Trinajstić information content (AvgIpc) is 2.02. The normalized spacial score (nSPS) is 11.8. The fourth-order valence-electron chi connectivity index (χ4n) is 0.848. The van der Waals surface area contributed by atoms with Gasteiger partial charge in [0.2, 0.25) is 0 Å². The van der Waals surface area contributed by atoms with E-state index in [-0.39, 0.29) is 19.1 Å². The predicted molar refractivity (Wildman–Crippen MR) is 46.5 cm³/mol. The summed E-state index contributed by atoms with van der Waals surface area (Å²) in [7, 11) is 0. The lowest BCUT2D eigenvalue weighted by atomic mass is 10.1. The number of alkyl carbamates (subject to hydrolysis) is 1. The molecule has 0 aliphatic heterocycles. The highest BCUT2D eigenvalue weighted by atomic mass is 16.5. The minimum Gasteiger partial charge on any atom is -0.481 e. The van der Waals surface area contributed by atoms with Crippen molar-refractivity contribution in [2.45, 2.75) is 32.7 Å². The molecule has 0 aromatic heterocycles. The molecule has 0 heterocycles. The van der Waals surface area contributed by atoms with Crippen molar-refractivity contribution in [3.8, 4) is 0 Å². The summed E-state index contributed by atoms with van der Waals surface area (Å²) in [5, 5.41) is 10.9. The van der Waals surface area contributed by atoms with E-state index in [0.29, 0.717) is 6.42 Å². The lowest BCUT2D eigenvalue weighted by Gasteiger charge is -2.13. The lowest BCUT2D eigenvalue weighted by molar-refractivity contribution is -0.137. The van der Waals surface area contributed by atoms with E-state index in [9.17, 15) is 9.59 Å². The lowest BCUT2D eigenvalue weighted by Crippen LogP contribution is -2.36. The monoisotopic (exact) mass is 189 g/mol. The molecule has 1 unspecified atom stereocenters. The Bertz CT molecular complexity index is 181. The molecule has 1 amide bonds. The molecule has 0 saturated heterocycles. The summed E-state index contributed by atoms with van der Waals surface area (Å²) in [4.78, 5) is 21.2. The Morgan fingerprint density at radius 3 is 2.46 bits per heavy atom. The van der Waals surface area contributed by atoms with Gasteiger partial charge in [-0.15, -0.1) is 0 Å². The largest absolute Gasteiger partial charge is 0.481 e. The molecule has 0 radical (unpaired) electrons. The van der Waals surface area contributed by atoms with Crippen molar-refractivity contribution in [1.29, 1.82) is 0 Å². The van der Waals surface area contributed by atoms with Gasteiger partial charge in [-0.2, -0.15) is 0 Å². The SMILES string of the molecule is CCOC(=O)NC(CC)CC(=O)O. The van der Waals surface area contributed by atoms with Crippen molar-refractivity contribution in [3.05, 3.63) is 0 Å². The van der Waals surface area contributed by atoms with Gasteiger partial charge in [-0.05, 0) is 13.3 Å². The van der Waals surface area contributed by atoms with E-state index in [1.165, 1.54) is 0 Å². The number of nitrogens with one attached hydrogen (secondary N) is 1. The second kappa shape index (κ2) is 6.28. The van der Waals surface area contributed by atoms with E-state index in [2.05, 4.69) is 10.1 Å². The topological polar surface area (TPSA) is 75.6 Å². The van der Waals surface area contributed by atoms with Crippen LogP contribution in [0.5, 0.6) is 0 Å². The summed E-state index contributed by atoms with van der Waals surface area (Å²) < 4.78 is 4.61. The van der Waals surface area contributed by atoms with Crippen LogP contribution in [0.25, 0.3) is 0 Å². The average molecular weight is 189 g/mol. The second-order valence-corrected chi connectivity index (χ2v) is 2.57. The number of ether oxygens (including phenoxy) is 1. The molecular weight excluding hydrogens is 174 g/mol. The van der Waals surface area contributed by atoms with Gasteiger partial charge in [-0.3, -0.25) is 4.79 Å².